The molecule has 1 aromatic carbocycles. The van der Waals surface area contributed by atoms with Gasteiger partial charge in [0, 0.05) is 31.5 Å². The second-order valence-electron chi connectivity index (χ2n) is 4.48. The summed E-state index contributed by atoms with van der Waals surface area (Å²) in [7, 11) is 1.69. The molecule has 98 valence electrons. The van der Waals surface area contributed by atoms with E-state index < -0.39 is 5.82 Å². The van der Waals surface area contributed by atoms with Gasteiger partial charge in [-0.1, -0.05) is 12.1 Å². The highest BCUT2D eigenvalue weighted by Gasteiger charge is 2.15. The van der Waals surface area contributed by atoms with Crippen molar-refractivity contribution in [2.24, 2.45) is 0 Å². The Hall–Kier alpha value is -2.23. The van der Waals surface area contributed by atoms with Gasteiger partial charge in [-0.3, -0.25) is 9.78 Å². The summed E-state index contributed by atoms with van der Waals surface area (Å²) in [5.74, 6) is -0.593. The number of pyridine rings is 1. The number of carbonyl (C=O) groups excluding carboxylic acids is 1. The van der Waals surface area contributed by atoms with E-state index in [4.69, 9.17) is 0 Å². The van der Waals surface area contributed by atoms with Crippen molar-refractivity contribution in [1.82, 2.24) is 9.88 Å². The Labute approximate surface area is 111 Å². The van der Waals surface area contributed by atoms with Crippen LogP contribution in [0.4, 0.5) is 4.39 Å². The maximum atomic E-state index is 13.2. The van der Waals surface area contributed by atoms with Crippen molar-refractivity contribution in [3.05, 3.63) is 65.2 Å². The summed E-state index contributed by atoms with van der Waals surface area (Å²) < 4.78 is 13.2. The summed E-state index contributed by atoms with van der Waals surface area (Å²) in [5.41, 5.74) is 2.10. The fourth-order valence-corrected chi connectivity index (χ4v) is 1.87. The SMILES string of the molecule is Cc1ccc(F)cc1C(=O)N(C)Cc1cccnc1. The standard InChI is InChI=1S/C15H15FN2O/c1-11-5-6-13(16)8-14(11)15(19)18(2)10-12-4-3-7-17-9-12/h3-9H,10H2,1-2H3. The average Bonchev–Trinajstić information content (AvgIpc) is 2.42. The van der Waals surface area contributed by atoms with Gasteiger partial charge >= 0.3 is 0 Å². The number of aryl methyl sites for hydroxylation is 1. The molecule has 2 aromatic rings. The number of amides is 1. The van der Waals surface area contributed by atoms with Gasteiger partial charge in [-0.2, -0.15) is 0 Å². The number of carbonyl (C=O) groups is 1. The minimum absolute atomic E-state index is 0.194. The Morgan fingerprint density at radius 1 is 1.37 bits per heavy atom. The molecule has 0 N–H and O–H groups in total. The lowest BCUT2D eigenvalue weighted by molar-refractivity contribution is 0.0784. The van der Waals surface area contributed by atoms with Crippen LogP contribution in [0.15, 0.2) is 42.7 Å². The summed E-state index contributed by atoms with van der Waals surface area (Å²) in [6, 6.07) is 7.96. The number of benzene rings is 1. The third-order valence-electron chi connectivity index (χ3n) is 2.92. The van der Waals surface area contributed by atoms with E-state index >= 15 is 0 Å². The quantitative estimate of drug-likeness (QED) is 0.848. The van der Waals surface area contributed by atoms with Gasteiger partial charge in [0.05, 0.1) is 0 Å². The molecule has 0 aliphatic carbocycles. The third kappa shape index (κ3) is 3.16. The van der Waals surface area contributed by atoms with Crippen LogP contribution in [-0.2, 0) is 6.54 Å². The minimum Gasteiger partial charge on any atom is -0.337 e. The zero-order valence-electron chi connectivity index (χ0n) is 10.9. The number of hydrogen-bond acceptors (Lipinski definition) is 2. The topological polar surface area (TPSA) is 33.2 Å². The smallest absolute Gasteiger partial charge is 0.254 e. The molecule has 4 heteroatoms. The fraction of sp³-hybridized carbons (Fsp3) is 0.200. The minimum atomic E-state index is -0.399. The highest BCUT2D eigenvalue weighted by Crippen LogP contribution is 2.13. The van der Waals surface area contributed by atoms with E-state index in [0.29, 0.717) is 12.1 Å². The van der Waals surface area contributed by atoms with Crippen LogP contribution in [0.25, 0.3) is 0 Å². The number of aromatic nitrogens is 1. The van der Waals surface area contributed by atoms with Gasteiger partial charge in [-0.25, -0.2) is 4.39 Å². The molecular weight excluding hydrogens is 243 g/mol. The first-order chi connectivity index (χ1) is 9.08. The van der Waals surface area contributed by atoms with Gasteiger partial charge in [0.2, 0.25) is 0 Å². The van der Waals surface area contributed by atoms with Crippen molar-refractivity contribution in [2.75, 3.05) is 7.05 Å². The Morgan fingerprint density at radius 2 is 2.16 bits per heavy atom. The van der Waals surface area contributed by atoms with E-state index in [9.17, 15) is 9.18 Å². The van der Waals surface area contributed by atoms with Gasteiger partial charge in [-0.05, 0) is 36.2 Å². The molecule has 0 bridgehead atoms. The highest BCUT2D eigenvalue weighted by molar-refractivity contribution is 5.95. The molecule has 0 spiro atoms. The van der Waals surface area contributed by atoms with Crippen molar-refractivity contribution in [1.29, 1.82) is 0 Å². The lowest BCUT2D eigenvalue weighted by atomic mass is 10.1. The molecule has 1 heterocycles. The van der Waals surface area contributed by atoms with E-state index in [0.717, 1.165) is 11.1 Å². The Morgan fingerprint density at radius 3 is 2.84 bits per heavy atom. The maximum Gasteiger partial charge on any atom is 0.254 e. The monoisotopic (exact) mass is 258 g/mol. The van der Waals surface area contributed by atoms with Crippen LogP contribution in [0.1, 0.15) is 21.5 Å². The number of rotatable bonds is 3. The average molecular weight is 258 g/mol. The Bertz CT molecular complexity index is 584. The first-order valence-corrected chi connectivity index (χ1v) is 5.98. The van der Waals surface area contributed by atoms with Crippen LogP contribution in [0, 0.1) is 12.7 Å². The second kappa shape index (κ2) is 5.61. The fourth-order valence-electron chi connectivity index (χ4n) is 1.87. The largest absolute Gasteiger partial charge is 0.337 e. The van der Waals surface area contributed by atoms with Crippen molar-refractivity contribution >= 4 is 5.91 Å². The molecule has 3 nitrogen and oxygen atoms in total. The van der Waals surface area contributed by atoms with Gasteiger partial charge in [0.1, 0.15) is 5.82 Å². The lowest BCUT2D eigenvalue weighted by Gasteiger charge is -2.18. The summed E-state index contributed by atoms with van der Waals surface area (Å²) in [5, 5.41) is 0. The predicted octanol–water partition coefficient (Wildman–Crippen LogP) is 2.80. The molecule has 0 atom stereocenters. The van der Waals surface area contributed by atoms with Gasteiger partial charge in [-0.15, -0.1) is 0 Å². The molecule has 0 saturated carbocycles. The van der Waals surface area contributed by atoms with Crippen LogP contribution in [0.2, 0.25) is 0 Å². The molecule has 1 amide bonds. The molecule has 0 unspecified atom stereocenters. The summed E-state index contributed by atoms with van der Waals surface area (Å²) in [6.07, 6.45) is 3.39. The summed E-state index contributed by atoms with van der Waals surface area (Å²) in [6.45, 7) is 2.24. The van der Waals surface area contributed by atoms with Gasteiger partial charge in [0.25, 0.3) is 5.91 Å². The molecule has 0 radical (unpaired) electrons. The predicted molar refractivity (Wildman–Crippen MR) is 71.2 cm³/mol. The normalized spacial score (nSPS) is 10.3. The molecular formula is C15H15FN2O. The summed E-state index contributed by atoms with van der Waals surface area (Å²) >= 11 is 0. The number of nitrogens with zero attached hydrogens (tertiary/aromatic N) is 2. The number of hydrogen-bond donors (Lipinski definition) is 0. The maximum absolute atomic E-state index is 13.2. The van der Waals surface area contributed by atoms with E-state index in [1.807, 2.05) is 12.1 Å². The molecule has 1 aromatic heterocycles. The van der Waals surface area contributed by atoms with Crippen LogP contribution >= 0.6 is 0 Å². The molecule has 0 fully saturated rings. The molecule has 19 heavy (non-hydrogen) atoms. The first-order valence-electron chi connectivity index (χ1n) is 5.98. The first kappa shape index (κ1) is 13.2. The van der Waals surface area contributed by atoms with E-state index in [-0.39, 0.29) is 5.91 Å². The van der Waals surface area contributed by atoms with Crippen molar-refractivity contribution in [3.63, 3.8) is 0 Å². The third-order valence-corrected chi connectivity index (χ3v) is 2.92. The Kier molecular flexibility index (Phi) is 3.90. The van der Waals surface area contributed by atoms with Crippen molar-refractivity contribution in [2.45, 2.75) is 13.5 Å². The molecule has 0 aliphatic heterocycles. The van der Waals surface area contributed by atoms with Crippen molar-refractivity contribution in [3.8, 4) is 0 Å². The van der Waals surface area contributed by atoms with E-state index in [1.165, 1.54) is 12.1 Å². The molecule has 0 saturated heterocycles. The second-order valence-corrected chi connectivity index (χ2v) is 4.48. The highest BCUT2D eigenvalue weighted by atomic mass is 19.1. The van der Waals surface area contributed by atoms with E-state index in [1.54, 1.807) is 37.3 Å². The Balaban J connectivity index is 2.17. The van der Waals surface area contributed by atoms with Crippen LogP contribution in [-0.4, -0.2) is 22.8 Å². The molecule has 2 rings (SSSR count). The zero-order valence-corrected chi connectivity index (χ0v) is 10.9. The lowest BCUT2D eigenvalue weighted by Crippen LogP contribution is -2.27. The van der Waals surface area contributed by atoms with Crippen molar-refractivity contribution < 1.29 is 9.18 Å². The van der Waals surface area contributed by atoms with Gasteiger partial charge in [0.15, 0.2) is 0 Å². The van der Waals surface area contributed by atoms with E-state index in [2.05, 4.69) is 4.98 Å². The van der Waals surface area contributed by atoms with Crippen LogP contribution in [0.5, 0.6) is 0 Å². The van der Waals surface area contributed by atoms with Crippen LogP contribution < -0.4 is 0 Å². The zero-order chi connectivity index (χ0) is 13.8. The summed E-state index contributed by atoms with van der Waals surface area (Å²) in [4.78, 5) is 17.8. The van der Waals surface area contributed by atoms with Gasteiger partial charge < -0.3 is 4.90 Å². The van der Waals surface area contributed by atoms with Crippen LogP contribution in [0.3, 0.4) is 0 Å². The molecule has 0 aliphatic rings. The number of halogens is 1.